The van der Waals surface area contributed by atoms with Crippen molar-refractivity contribution in [3.8, 4) is 5.69 Å². The molecule has 1 aliphatic heterocycles. The van der Waals surface area contributed by atoms with Gasteiger partial charge in [0.2, 0.25) is 0 Å². The molecule has 0 spiro atoms. The number of anilines is 1. The van der Waals surface area contributed by atoms with Gasteiger partial charge in [0, 0.05) is 60.7 Å². The fourth-order valence-corrected chi connectivity index (χ4v) is 4.97. The minimum absolute atomic E-state index is 0. The summed E-state index contributed by atoms with van der Waals surface area (Å²) in [5.41, 5.74) is 4.18. The summed E-state index contributed by atoms with van der Waals surface area (Å²) >= 11 is 12.4. The molecule has 2 heterocycles. The Kier molecular flexibility index (Phi) is 16.1. The number of amides is 1. The van der Waals surface area contributed by atoms with Gasteiger partial charge in [0.1, 0.15) is 11.5 Å². The van der Waals surface area contributed by atoms with Crippen molar-refractivity contribution in [2.75, 3.05) is 44.2 Å². The zero-order chi connectivity index (χ0) is 25.1. The van der Waals surface area contributed by atoms with Gasteiger partial charge >= 0.3 is 0 Å². The number of halogens is 6. The third-order valence-electron chi connectivity index (χ3n) is 6.48. The van der Waals surface area contributed by atoms with Gasteiger partial charge in [-0.05, 0) is 56.7 Å². The zero-order valence-corrected chi connectivity index (χ0v) is 26.7. The van der Waals surface area contributed by atoms with Crippen LogP contribution in [0.15, 0.2) is 42.5 Å². The number of carbonyl (C=O) groups excluding carboxylic acids is 1. The number of imidazole rings is 1. The Morgan fingerprint density at radius 2 is 1.64 bits per heavy atom. The van der Waals surface area contributed by atoms with Crippen molar-refractivity contribution in [2.45, 2.75) is 26.9 Å². The fourth-order valence-electron chi connectivity index (χ4n) is 4.62. The number of aryl methyl sites for hydroxylation is 1. The molecular formula is C26H35Cl6N5O2. The van der Waals surface area contributed by atoms with E-state index in [2.05, 4.69) is 26.2 Å². The summed E-state index contributed by atoms with van der Waals surface area (Å²) in [5, 5.41) is 14.8. The number of hydrogen-bond donors (Lipinski definition) is 2. The topological polar surface area (TPSA) is 73.6 Å². The lowest BCUT2D eigenvalue weighted by Crippen LogP contribution is -2.50. The molecule has 1 amide bonds. The molecule has 218 valence electrons. The van der Waals surface area contributed by atoms with Gasteiger partial charge in [0.25, 0.3) is 5.91 Å². The Labute approximate surface area is 264 Å². The highest BCUT2D eigenvalue weighted by atomic mass is 35.5. The average Bonchev–Trinajstić information content (AvgIpc) is 3.13. The lowest BCUT2D eigenvalue weighted by molar-refractivity contribution is 0.0847. The molecule has 1 aliphatic rings. The quantitative estimate of drug-likeness (QED) is 0.340. The predicted octanol–water partition coefficient (Wildman–Crippen LogP) is 5.70. The van der Waals surface area contributed by atoms with E-state index in [1.54, 1.807) is 6.07 Å². The molecule has 0 radical (unpaired) electrons. The predicted molar refractivity (Wildman–Crippen MR) is 170 cm³/mol. The number of aromatic nitrogens is 2. The SMILES string of the molecule is Cc1c(Cl)cccc1N1CCN(CC(O)CNC(=O)c2nc(C)n(-c3cccc(Cl)c3)c2C)CC1.Cl.Cl.Cl.Cl. The van der Waals surface area contributed by atoms with Crippen molar-refractivity contribution in [3.63, 3.8) is 0 Å². The monoisotopic (exact) mass is 659 g/mol. The van der Waals surface area contributed by atoms with E-state index < -0.39 is 6.10 Å². The molecule has 1 unspecified atom stereocenters. The van der Waals surface area contributed by atoms with Crippen LogP contribution in [0.4, 0.5) is 5.69 Å². The molecule has 0 bridgehead atoms. The van der Waals surface area contributed by atoms with Gasteiger partial charge in [-0.1, -0.05) is 35.3 Å². The van der Waals surface area contributed by atoms with Gasteiger partial charge in [-0.25, -0.2) is 4.98 Å². The maximum atomic E-state index is 12.8. The molecule has 1 fully saturated rings. The molecule has 0 aliphatic carbocycles. The van der Waals surface area contributed by atoms with E-state index in [-0.39, 0.29) is 62.1 Å². The number of piperazine rings is 1. The van der Waals surface area contributed by atoms with Crippen LogP contribution in [-0.2, 0) is 0 Å². The standard InChI is InChI=1S/C26H31Cl2N5O2.4ClH/c1-17-23(28)8-5-9-24(17)32-12-10-31(11-13-32)16-22(34)15-29-26(35)25-18(2)33(19(3)30-25)21-7-4-6-20(27)14-21;;;;/h4-9,14,22,34H,10-13,15-16H2,1-3H3,(H,29,35);4*1H. The Hall–Kier alpha value is -1.42. The van der Waals surface area contributed by atoms with E-state index in [0.717, 1.165) is 53.8 Å². The summed E-state index contributed by atoms with van der Waals surface area (Å²) < 4.78 is 1.90. The molecule has 1 saturated heterocycles. The zero-order valence-electron chi connectivity index (χ0n) is 21.9. The van der Waals surface area contributed by atoms with E-state index in [4.69, 9.17) is 23.2 Å². The summed E-state index contributed by atoms with van der Waals surface area (Å²) in [5.74, 6) is 0.398. The first kappa shape index (κ1) is 37.6. The van der Waals surface area contributed by atoms with Crippen molar-refractivity contribution >= 4 is 84.4 Å². The maximum absolute atomic E-state index is 12.8. The second-order valence-electron chi connectivity index (χ2n) is 8.94. The minimum atomic E-state index is -0.671. The highest BCUT2D eigenvalue weighted by molar-refractivity contribution is 6.31. The minimum Gasteiger partial charge on any atom is -0.390 e. The van der Waals surface area contributed by atoms with Crippen molar-refractivity contribution in [3.05, 3.63) is 75.3 Å². The fraction of sp³-hybridized carbons (Fsp3) is 0.385. The number of carbonyl (C=O) groups is 1. The third kappa shape index (κ3) is 9.03. The van der Waals surface area contributed by atoms with Crippen LogP contribution in [0.2, 0.25) is 10.0 Å². The van der Waals surface area contributed by atoms with E-state index >= 15 is 0 Å². The van der Waals surface area contributed by atoms with Crippen LogP contribution < -0.4 is 10.2 Å². The molecule has 4 rings (SSSR count). The van der Waals surface area contributed by atoms with Crippen LogP contribution in [0, 0.1) is 20.8 Å². The second kappa shape index (κ2) is 16.7. The lowest BCUT2D eigenvalue weighted by Gasteiger charge is -2.37. The van der Waals surface area contributed by atoms with Crippen molar-refractivity contribution in [1.29, 1.82) is 0 Å². The summed E-state index contributed by atoms with van der Waals surface area (Å²) in [7, 11) is 0. The van der Waals surface area contributed by atoms with Crippen LogP contribution in [0.25, 0.3) is 5.69 Å². The smallest absolute Gasteiger partial charge is 0.271 e. The number of hydrogen-bond acceptors (Lipinski definition) is 5. The molecule has 39 heavy (non-hydrogen) atoms. The van der Waals surface area contributed by atoms with Crippen molar-refractivity contribution in [1.82, 2.24) is 19.8 Å². The lowest BCUT2D eigenvalue weighted by atomic mass is 10.1. The number of nitrogens with zero attached hydrogens (tertiary/aromatic N) is 4. The number of β-amino-alcohol motifs (C(OH)–C–C–N with tert-alkyl or cyclic N) is 1. The van der Waals surface area contributed by atoms with Gasteiger partial charge in [-0.3, -0.25) is 9.69 Å². The molecule has 3 aromatic rings. The summed E-state index contributed by atoms with van der Waals surface area (Å²) in [4.78, 5) is 21.8. The maximum Gasteiger partial charge on any atom is 0.271 e. The number of benzene rings is 2. The third-order valence-corrected chi connectivity index (χ3v) is 7.12. The number of aliphatic hydroxyl groups is 1. The molecule has 7 nitrogen and oxygen atoms in total. The van der Waals surface area contributed by atoms with E-state index in [1.165, 1.54) is 0 Å². The normalized spacial score (nSPS) is 13.7. The second-order valence-corrected chi connectivity index (χ2v) is 9.79. The van der Waals surface area contributed by atoms with Crippen molar-refractivity contribution < 1.29 is 9.90 Å². The van der Waals surface area contributed by atoms with Crippen molar-refractivity contribution in [2.24, 2.45) is 0 Å². The Balaban J connectivity index is 0.00000361. The Morgan fingerprint density at radius 1 is 1.00 bits per heavy atom. The molecule has 13 heteroatoms. The van der Waals surface area contributed by atoms with Crippen LogP contribution in [0.3, 0.4) is 0 Å². The summed E-state index contributed by atoms with van der Waals surface area (Å²) in [6, 6.07) is 13.4. The molecule has 2 aromatic carbocycles. The Bertz CT molecular complexity index is 1220. The summed E-state index contributed by atoms with van der Waals surface area (Å²) in [6.45, 7) is 9.79. The van der Waals surface area contributed by atoms with Gasteiger partial charge in [-0.2, -0.15) is 0 Å². The van der Waals surface area contributed by atoms with Gasteiger partial charge < -0.3 is 19.9 Å². The highest BCUT2D eigenvalue weighted by Gasteiger charge is 2.23. The van der Waals surface area contributed by atoms with Gasteiger partial charge in [-0.15, -0.1) is 49.6 Å². The molecule has 2 N–H and O–H groups in total. The Morgan fingerprint density at radius 3 is 2.28 bits per heavy atom. The first-order chi connectivity index (χ1) is 16.7. The van der Waals surface area contributed by atoms with Crippen LogP contribution in [-0.4, -0.2) is 70.8 Å². The first-order valence-corrected chi connectivity index (χ1v) is 12.5. The van der Waals surface area contributed by atoms with E-state index in [1.807, 2.05) is 55.7 Å². The number of rotatable bonds is 7. The highest BCUT2D eigenvalue weighted by Crippen LogP contribution is 2.27. The van der Waals surface area contributed by atoms with Crippen LogP contribution >= 0.6 is 72.8 Å². The largest absolute Gasteiger partial charge is 0.390 e. The summed E-state index contributed by atoms with van der Waals surface area (Å²) in [6.07, 6.45) is -0.671. The molecule has 0 saturated carbocycles. The van der Waals surface area contributed by atoms with E-state index in [0.29, 0.717) is 23.1 Å². The molecule has 1 aromatic heterocycles. The van der Waals surface area contributed by atoms with Gasteiger partial charge in [0.05, 0.1) is 11.8 Å². The van der Waals surface area contributed by atoms with Crippen LogP contribution in [0.5, 0.6) is 0 Å². The number of nitrogens with one attached hydrogen (secondary N) is 1. The molecular weight excluding hydrogens is 627 g/mol. The first-order valence-electron chi connectivity index (χ1n) is 11.7. The van der Waals surface area contributed by atoms with Gasteiger partial charge in [0.15, 0.2) is 0 Å². The van der Waals surface area contributed by atoms with E-state index in [9.17, 15) is 9.90 Å². The molecule has 1 atom stereocenters. The average molecular weight is 662 g/mol. The number of aliphatic hydroxyl groups excluding tert-OH is 1. The van der Waals surface area contributed by atoms with Crippen LogP contribution in [0.1, 0.15) is 27.6 Å².